The lowest BCUT2D eigenvalue weighted by molar-refractivity contribution is 0.108. The average molecular weight is 394 g/mol. The summed E-state index contributed by atoms with van der Waals surface area (Å²) < 4.78 is 27.2. The minimum atomic E-state index is -3.85. The van der Waals surface area contributed by atoms with E-state index in [0.29, 0.717) is 13.1 Å². The maximum Gasteiger partial charge on any atom is 0.252 e. The van der Waals surface area contributed by atoms with Gasteiger partial charge in [-0.25, -0.2) is 8.42 Å². The summed E-state index contributed by atoms with van der Waals surface area (Å²) in [5.41, 5.74) is -0.152. The summed E-state index contributed by atoms with van der Waals surface area (Å²) in [5, 5.41) is -1.69. The third-order valence-electron chi connectivity index (χ3n) is 3.52. The third-order valence-corrected chi connectivity index (χ3v) is 5.83. The van der Waals surface area contributed by atoms with Crippen LogP contribution in [-0.4, -0.2) is 36.3 Å². The third kappa shape index (κ3) is 5.55. The van der Waals surface area contributed by atoms with E-state index in [1.54, 1.807) is 0 Å². The SMILES string of the molecule is CCCCN(CCCC)S(=O)(=O)c1cc(C(=O)Cl)cc(C(=O)Cl)c1. The molecule has 134 valence electrons. The largest absolute Gasteiger partial charge is 0.276 e. The van der Waals surface area contributed by atoms with E-state index in [1.807, 2.05) is 13.8 Å². The number of hydrogen-bond donors (Lipinski definition) is 0. The number of nitrogens with zero attached hydrogens (tertiary/aromatic N) is 1. The van der Waals surface area contributed by atoms with Crippen LogP contribution in [0.1, 0.15) is 60.2 Å². The van der Waals surface area contributed by atoms with Gasteiger partial charge in [-0.3, -0.25) is 9.59 Å². The molecule has 0 radical (unpaired) electrons. The normalized spacial score (nSPS) is 11.7. The highest BCUT2D eigenvalue weighted by Gasteiger charge is 2.26. The molecule has 0 amide bonds. The van der Waals surface area contributed by atoms with E-state index in [4.69, 9.17) is 23.2 Å². The first-order chi connectivity index (χ1) is 11.2. The van der Waals surface area contributed by atoms with E-state index in [-0.39, 0.29) is 16.0 Å². The van der Waals surface area contributed by atoms with Crippen molar-refractivity contribution in [2.45, 2.75) is 44.4 Å². The second kappa shape index (κ2) is 9.51. The van der Waals surface area contributed by atoms with Crippen molar-refractivity contribution in [3.05, 3.63) is 29.3 Å². The molecular weight excluding hydrogens is 373 g/mol. The molecule has 1 aromatic carbocycles. The van der Waals surface area contributed by atoms with E-state index in [2.05, 4.69) is 0 Å². The van der Waals surface area contributed by atoms with Gasteiger partial charge in [0.15, 0.2) is 0 Å². The van der Waals surface area contributed by atoms with Crippen LogP contribution in [0.4, 0.5) is 0 Å². The molecule has 0 aliphatic carbocycles. The fourth-order valence-corrected chi connectivity index (χ4v) is 3.95. The zero-order chi connectivity index (χ0) is 18.3. The van der Waals surface area contributed by atoms with E-state index < -0.39 is 20.5 Å². The quantitative estimate of drug-likeness (QED) is 0.562. The van der Waals surface area contributed by atoms with E-state index in [9.17, 15) is 18.0 Å². The molecule has 0 N–H and O–H groups in total. The van der Waals surface area contributed by atoms with Gasteiger partial charge in [-0.15, -0.1) is 0 Å². The van der Waals surface area contributed by atoms with Crippen molar-refractivity contribution in [3.8, 4) is 0 Å². The molecule has 0 unspecified atom stereocenters. The van der Waals surface area contributed by atoms with Crippen molar-refractivity contribution in [2.75, 3.05) is 13.1 Å². The summed E-state index contributed by atoms with van der Waals surface area (Å²) in [7, 11) is -3.85. The summed E-state index contributed by atoms with van der Waals surface area (Å²) >= 11 is 10.9. The second-order valence-electron chi connectivity index (χ2n) is 5.40. The Balaban J connectivity index is 3.36. The Bertz CT molecular complexity index is 664. The Morgan fingerprint density at radius 2 is 1.33 bits per heavy atom. The molecule has 5 nitrogen and oxygen atoms in total. The Morgan fingerprint density at radius 3 is 1.67 bits per heavy atom. The van der Waals surface area contributed by atoms with Gasteiger partial charge in [-0.2, -0.15) is 4.31 Å². The molecule has 0 aliphatic rings. The lowest BCUT2D eigenvalue weighted by Crippen LogP contribution is -2.33. The number of halogens is 2. The van der Waals surface area contributed by atoms with Crippen molar-refractivity contribution in [1.82, 2.24) is 4.31 Å². The van der Waals surface area contributed by atoms with Crippen molar-refractivity contribution < 1.29 is 18.0 Å². The Kier molecular flexibility index (Phi) is 8.36. The molecule has 0 aliphatic heterocycles. The van der Waals surface area contributed by atoms with Crippen molar-refractivity contribution in [2.24, 2.45) is 0 Å². The van der Waals surface area contributed by atoms with Gasteiger partial charge in [-0.05, 0) is 54.2 Å². The van der Waals surface area contributed by atoms with Gasteiger partial charge in [-0.1, -0.05) is 26.7 Å². The zero-order valence-electron chi connectivity index (χ0n) is 13.7. The molecule has 0 bridgehead atoms. The molecule has 0 saturated heterocycles. The summed E-state index contributed by atoms with van der Waals surface area (Å²) in [6.45, 7) is 4.70. The van der Waals surface area contributed by atoms with Crippen LogP contribution in [0.3, 0.4) is 0 Å². The predicted molar refractivity (Wildman–Crippen MR) is 95.4 cm³/mol. The van der Waals surface area contributed by atoms with Crippen LogP contribution in [0.25, 0.3) is 0 Å². The number of rotatable bonds is 10. The highest BCUT2D eigenvalue weighted by Crippen LogP contribution is 2.22. The molecule has 1 rings (SSSR count). The fourth-order valence-electron chi connectivity index (χ4n) is 2.15. The molecule has 24 heavy (non-hydrogen) atoms. The number of unbranched alkanes of at least 4 members (excludes halogenated alkanes) is 2. The number of hydrogen-bond acceptors (Lipinski definition) is 4. The zero-order valence-corrected chi connectivity index (χ0v) is 16.0. The summed E-state index contributed by atoms with van der Waals surface area (Å²) in [5.74, 6) is 0. The Labute approximate surface area is 153 Å². The summed E-state index contributed by atoms with van der Waals surface area (Å²) in [6.07, 6.45) is 3.14. The minimum Gasteiger partial charge on any atom is -0.276 e. The predicted octanol–water partition coefficient (Wildman–Crippen LogP) is 4.04. The van der Waals surface area contributed by atoms with Gasteiger partial charge in [0.25, 0.3) is 10.5 Å². The minimum absolute atomic E-state index is 0.0762. The van der Waals surface area contributed by atoms with E-state index in [0.717, 1.165) is 25.7 Å². The number of benzene rings is 1. The summed E-state index contributed by atoms with van der Waals surface area (Å²) in [4.78, 5) is 22.7. The Morgan fingerprint density at radius 1 is 0.917 bits per heavy atom. The van der Waals surface area contributed by atoms with Crippen molar-refractivity contribution >= 4 is 43.7 Å². The van der Waals surface area contributed by atoms with Crippen LogP contribution in [-0.2, 0) is 10.0 Å². The monoisotopic (exact) mass is 393 g/mol. The maximum absolute atomic E-state index is 12.9. The van der Waals surface area contributed by atoms with Gasteiger partial charge in [0, 0.05) is 24.2 Å². The molecule has 0 aromatic heterocycles. The van der Waals surface area contributed by atoms with Gasteiger partial charge in [0.2, 0.25) is 10.0 Å². The number of sulfonamides is 1. The molecule has 1 aromatic rings. The first-order valence-corrected chi connectivity index (χ1v) is 9.98. The van der Waals surface area contributed by atoms with Crippen molar-refractivity contribution in [1.29, 1.82) is 0 Å². The smallest absolute Gasteiger partial charge is 0.252 e. The highest BCUT2D eigenvalue weighted by molar-refractivity contribution is 7.89. The van der Waals surface area contributed by atoms with Gasteiger partial charge < -0.3 is 0 Å². The second-order valence-corrected chi connectivity index (χ2v) is 8.03. The van der Waals surface area contributed by atoms with Crippen LogP contribution in [0, 0.1) is 0 Å². The van der Waals surface area contributed by atoms with Gasteiger partial charge in [0.05, 0.1) is 4.90 Å². The highest BCUT2D eigenvalue weighted by atomic mass is 35.5. The van der Waals surface area contributed by atoms with Crippen LogP contribution in [0.2, 0.25) is 0 Å². The van der Waals surface area contributed by atoms with Crippen molar-refractivity contribution in [3.63, 3.8) is 0 Å². The van der Waals surface area contributed by atoms with E-state index >= 15 is 0 Å². The molecule has 0 spiro atoms. The molecule has 0 saturated carbocycles. The first-order valence-electron chi connectivity index (χ1n) is 7.78. The number of carbonyl (C=O) groups excluding carboxylic acids is 2. The molecule has 0 heterocycles. The molecule has 8 heteroatoms. The number of carbonyl (C=O) groups is 2. The van der Waals surface area contributed by atoms with Crippen LogP contribution in [0.15, 0.2) is 23.1 Å². The maximum atomic E-state index is 12.9. The van der Waals surface area contributed by atoms with Crippen LogP contribution < -0.4 is 0 Å². The van der Waals surface area contributed by atoms with Crippen LogP contribution in [0.5, 0.6) is 0 Å². The topological polar surface area (TPSA) is 71.5 Å². The molecule has 0 atom stereocenters. The fraction of sp³-hybridized carbons (Fsp3) is 0.500. The lowest BCUT2D eigenvalue weighted by atomic mass is 10.1. The molecular formula is C16H21Cl2NO4S. The summed E-state index contributed by atoms with van der Waals surface area (Å²) in [6, 6.07) is 3.55. The van der Waals surface area contributed by atoms with Crippen LogP contribution >= 0.6 is 23.2 Å². The lowest BCUT2D eigenvalue weighted by Gasteiger charge is -2.22. The average Bonchev–Trinajstić information content (AvgIpc) is 2.54. The van der Waals surface area contributed by atoms with E-state index in [1.165, 1.54) is 22.5 Å². The first kappa shape index (κ1) is 21.1. The van der Waals surface area contributed by atoms with Gasteiger partial charge in [0.1, 0.15) is 0 Å². The Hall–Kier alpha value is -0.950. The molecule has 0 fully saturated rings. The van der Waals surface area contributed by atoms with Gasteiger partial charge >= 0.3 is 0 Å². The standard InChI is InChI=1S/C16H21Cl2NO4S/c1-3-5-7-19(8-6-4-2)24(22,23)14-10-12(15(17)20)9-13(11-14)16(18)21/h9-11H,3-8H2,1-2H3.